The number of ether oxygens (including phenoxy) is 2. The van der Waals surface area contributed by atoms with Crippen molar-refractivity contribution in [2.75, 3.05) is 14.2 Å². The molecule has 3 nitrogen and oxygen atoms in total. The second kappa shape index (κ2) is 5.42. The highest BCUT2D eigenvalue weighted by Crippen LogP contribution is 2.47. The molecular weight excluding hydrogens is 228 g/mol. The number of esters is 1. The van der Waals surface area contributed by atoms with Gasteiger partial charge in [-0.05, 0) is 37.3 Å². The Kier molecular flexibility index (Phi) is 3.90. The van der Waals surface area contributed by atoms with Gasteiger partial charge < -0.3 is 9.47 Å². The number of benzene rings is 1. The third-order valence-corrected chi connectivity index (χ3v) is 3.59. The molecule has 98 valence electrons. The quantitative estimate of drug-likeness (QED) is 0.751. The highest BCUT2D eigenvalue weighted by molar-refractivity contribution is 5.70. The molecule has 0 aliphatic heterocycles. The Hall–Kier alpha value is -1.51. The van der Waals surface area contributed by atoms with E-state index in [1.807, 2.05) is 12.1 Å². The van der Waals surface area contributed by atoms with Crippen molar-refractivity contribution in [3.63, 3.8) is 0 Å². The molecule has 0 bridgehead atoms. The lowest BCUT2D eigenvalue weighted by Gasteiger charge is -2.19. The highest BCUT2D eigenvalue weighted by atomic mass is 16.5. The Morgan fingerprint density at radius 2 is 2.11 bits per heavy atom. The van der Waals surface area contributed by atoms with E-state index in [0.29, 0.717) is 12.3 Å². The minimum atomic E-state index is -0.143. The lowest BCUT2D eigenvalue weighted by Crippen LogP contribution is -2.11. The molecule has 0 amide bonds. The summed E-state index contributed by atoms with van der Waals surface area (Å²) < 4.78 is 10.2. The van der Waals surface area contributed by atoms with Gasteiger partial charge in [0.05, 0.1) is 20.6 Å². The monoisotopic (exact) mass is 248 g/mol. The van der Waals surface area contributed by atoms with Gasteiger partial charge in [0.2, 0.25) is 0 Å². The number of hydrogen-bond donors (Lipinski definition) is 0. The van der Waals surface area contributed by atoms with Crippen molar-refractivity contribution in [3.8, 4) is 5.75 Å². The van der Waals surface area contributed by atoms with Crippen molar-refractivity contribution >= 4 is 5.97 Å². The van der Waals surface area contributed by atoms with E-state index in [2.05, 4.69) is 13.0 Å². The molecule has 1 aliphatic rings. The largest absolute Gasteiger partial charge is 0.496 e. The van der Waals surface area contributed by atoms with E-state index in [-0.39, 0.29) is 11.9 Å². The SMILES string of the molecule is COC(=O)CC(c1cc(C)ccc1OC)C1CC1. The smallest absolute Gasteiger partial charge is 0.306 e. The maximum absolute atomic E-state index is 11.5. The Bertz CT molecular complexity index is 435. The molecule has 18 heavy (non-hydrogen) atoms. The van der Waals surface area contributed by atoms with Crippen LogP contribution >= 0.6 is 0 Å². The molecule has 0 radical (unpaired) electrons. The van der Waals surface area contributed by atoms with Crippen molar-refractivity contribution in [3.05, 3.63) is 29.3 Å². The highest BCUT2D eigenvalue weighted by Gasteiger charge is 2.35. The predicted octanol–water partition coefficient (Wildman–Crippen LogP) is 3.06. The van der Waals surface area contributed by atoms with Crippen LogP contribution in [0.2, 0.25) is 0 Å². The van der Waals surface area contributed by atoms with Crippen LogP contribution in [-0.4, -0.2) is 20.2 Å². The Morgan fingerprint density at radius 1 is 1.39 bits per heavy atom. The lowest BCUT2D eigenvalue weighted by atomic mass is 9.89. The minimum Gasteiger partial charge on any atom is -0.496 e. The third-order valence-electron chi connectivity index (χ3n) is 3.59. The first kappa shape index (κ1) is 12.9. The first-order chi connectivity index (χ1) is 8.65. The standard InChI is InChI=1S/C15H20O3/c1-10-4-7-14(17-2)13(8-10)12(11-5-6-11)9-15(16)18-3/h4,7-8,11-12H,5-6,9H2,1-3H3. The molecule has 1 fully saturated rings. The molecule has 1 saturated carbocycles. The topological polar surface area (TPSA) is 35.5 Å². The van der Waals surface area contributed by atoms with Gasteiger partial charge in [0.1, 0.15) is 5.75 Å². The zero-order valence-corrected chi connectivity index (χ0v) is 11.2. The molecule has 2 rings (SSSR count). The number of carbonyl (C=O) groups is 1. The molecule has 0 N–H and O–H groups in total. The van der Waals surface area contributed by atoms with Crippen LogP contribution in [-0.2, 0) is 9.53 Å². The fraction of sp³-hybridized carbons (Fsp3) is 0.533. The van der Waals surface area contributed by atoms with E-state index in [4.69, 9.17) is 9.47 Å². The summed E-state index contributed by atoms with van der Waals surface area (Å²) in [5.74, 6) is 1.56. The molecule has 1 aliphatic carbocycles. The van der Waals surface area contributed by atoms with Gasteiger partial charge in [-0.2, -0.15) is 0 Å². The number of rotatable bonds is 5. The van der Waals surface area contributed by atoms with E-state index in [1.165, 1.54) is 25.5 Å². The molecule has 0 aromatic heterocycles. The van der Waals surface area contributed by atoms with Crippen molar-refractivity contribution < 1.29 is 14.3 Å². The van der Waals surface area contributed by atoms with Gasteiger partial charge in [0.15, 0.2) is 0 Å². The average molecular weight is 248 g/mol. The summed E-state index contributed by atoms with van der Waals surface area (Å²) in [5.41, 5.74) is 2.34. The summed E-state index contributed by atoms with van der Waals surface area (Å²) in [4.78, 5) is 11.5. The Morgan fingerprint density at radius 3 is 2.67 bits per heavy atom. The molecule has 0 heterocycles. The maximum atomic E-state index is 11.5. The van der Waals surface area contributed by atoms with Gasteiger partial charge in [-0.1, -0.05) is 17.7 Å². The van der Waals surface area contributed by atoms with Crippen molar-refractivity contribution in [2.45, 2.75) is 32.1 Å². The van der Waals surface area contributed by atoms with Crippen molar-refractivity contribution in [2.24, 2.45) is 5.92 Å². The number of methoxy groups -OCH3 is 2. The normalized spacial score (nSPS) is 16.2. The first-order valence-corrected chi connectivity index (χ1v) is 6.37. The van der Waals surface area contributed by atoms with E-state index in [1.54, 1.807) is 7.11 Å². The second-order valence-corrected chi connectivity index (χ2v) is 4.97. The van der Waals surface area contributed by atoms with Gasteiger partial charge in [-0.25, -0.2) is 0 Å². The molecule has 1 unspecified atom stereocenters. The van der Waals surface area contributed by atoms with Crippen LogP contribution in [0, 0.1) is 12.8 Å². The van der Waals surface area contributed by atoms with Crippen LogP contribution in [0.3, 0.4) is 0 Å². The van der Waals surface area contributed by atoms with Crippen LogP contribution < -0.4 is 4.74 Å². The second-order valence-electron chi connectivity index (χ2n) is 4.97. The van der Waals surface area contributed by atoms with Crippen molar-refractivity contribution in [1.29, 1.82) is 0 Å². The Labute approximate surface area is 108 Å². The Balaban J connectivity index is 2.29. The summed E-state index contributed by atoms with van der Waals surface area (Å²) in [6.45, 7) is 2.06. The molecule has 3 heteroatoms. The molecular formula is C15H20O3. The zero-order valence-electron chi connectivity index (χ0n) is 11.2. The number of carbonyl (C=O) groups excluding carboxylic acids is 1. The summed E-state index contributed by atoms with van der Waals surface area (Å²) in [6, 6.07) is 6.15. The third kappa shape index (κ3) is 2.84. The first-order valence-electron chi connectivity index (χ1n) is 6.37. The molecule has 0 spiro atoms. The van der Waals surface area contributed by atoms with Gasteiger partial charge >= 0.3 is 5.97 Å². The fourth-order valence-electron chi connectivity index (χ4n) is 2.44. The lowest BCUT2D eigenvalue weighted by molar-refractivity contribution is -0.141. The van der Waals surface area contributed by atoms with Crippen LogP contribution in [0.5, 0.6) is 5.75 Å². The van der Waals surface area contributed by atoms with Gasteiger partial charge in [-0.15, -0.1) is 0 Å². The summed E-state index contributed by atoms with van der Waals surface area (Å²) >= 11 is 0. The summed E-state index contributed by atoms with van der Waals surface area (Å²) in [6.07, 6.45) is 2.83. The van der Waals surface area contributed by atoms with Gasteiger partial charge in [0.25, 0.3) is 0 Å². The van der Waals surface area contributed by atoms with E-state index in [9.17, 15) is 4.79 Å². The molecule has 1 aromatic rings. The molecule has 1 atom stereocenters. The van der Waals surface area contributed by atoms with E-state index >= 15 is 0 Å². The molecule has 1 aromatic carbocycles. The maximum Gasteiger partial charge on any atom is 0.306 e. The van der Waals surface area contributed by atoms with E-state index < -0.39 is 0 Å². The number of hydrogen-bond acceptors (Lipinski definition) is 3. The predicted molar refractivity (Wildman–Crippen MR) is 69.8 cm³/mol. The van der Waals surface area contributed by atoms with Crippen molar-refractivity contribution in [1.82, 2.24) is 0 Å². The minimum absolute atomic E-state index is 0.143. The van der Waals surface area contributed by atoms with Gasteiger partial charge in [-0.3, -0.25) is 4.79 Å². The van der Waals surface area contributed by atoms with Gasteiger partial charge in [0, 0.05) is 5.92 Å². The summed E-state index contributed by atoms with van der Waals surface area (Å²) in [5, 5.41) is 0. The molecule has 0 saturated heterocycles. The van der Waals surface area contributed by atoms with Crippen LogP contribution in [0.1, 0.15) is 36.3 Å². The summed E-state index contributed by atoms with van der Waals surface area (Å²) in [7, 11) is 3.12. The average Bonchev–Trinajstić information content (AvgIpc) is 3.19. The number of aryl methyl sites for hydroxylation is 1. The van der Waals surface area contributed by atoms with Crippen LogP contribution in [0.15, 0.2) is 18.2 Å². The van der Waals surface area contributed by atoms with Crippen LogP contribution in [0.25, 0.3) is 0 Å². The van der Waals surface area contributed by atoms with E-state index in [0.717, 1.165) is 11.3 Å². The fourth-order valence-corrected chi connectivity index (χ4v) is 2.44. The van der Waals surface area contributed by atoms with Crippen LogP contribution in [0.4, 0.5) is 0 Å². The zero-order chi connectivity index (χ0) is 13.1.